The normalized spacial score (nSPS) is 6.33. The molecule has 5 heterocycles. The molecule has 0 radical (unpaired) electrons. The molecule has 0 amide bonds. The molecule has 8 aromatic rings. The predicted molar refractivity (Wildman–Crippen MR) is 461 cm³/mol. The lowest BCUT2D eigenvalue weighted by molar-refractivity contribution is 1.20. The maximum Gasteiger partial charge on any atom is 0.0372 e. The van der Waals surface area contributed by atoms with E-state index in [0.717, 1.165) is 5.69 Å². The molecular formula is C87H177N3S2. The second-order valence-electron chi connectivity index (χ2n) is 12.8. The minimum atomic E-state index is 0. The zero-order valence-corrected chi connectivity index (χ0v) is 64.7. The lowest BCUT2D eigenvalue weighted by atomic mass is 10.2. The summed E-state index contributed by atoms with van der Waals surface area (Å²) in [7, 11) is 0. The maximum absolute atomic E-state index is 3.98. The molecule has 0 saturated heterocycles. The van der Waals surface area contributed by atoms with Gasteiger partial charge in [-0.1, -0.05) is 373 Å². The van der Waals surface area contributed by atoms with Crippen molar-refractivity contribution in [2.24, 2.45) is 0 Å². The molecule has 552 valence electrons. The topological polar surface area (TPSA) is 38.7 Å². The van der Waals surface area contributed by atoms with Crippen LogP contribution in [0.15, 0.2) is 187 Å². The average molecular weight is 1330 g/mol. The molecule has 0 unspecified atom stereocenters. The molecule has 0 aliphatic rings. The van der Waals surface area contributed by atoms with Crippen LogP contribution in [-0.4, -0.2) is 15.0 Å². The minimum Gasteiger partial charge on any atom is -0.265 e. The first-order chi connectivity index (χ1) is 41.0. The Morgan fingerprint density at radius 1 is 0.217 bits per heavy atom. The van der Waals surface area contributed by atoms with Crippen molar-refractivity contribution < 1.29 is 0 Å². The highest BCUT2D eigenvalue weighted by atomic mass is 32.1. The van der Waals surface area contributed by atoms with E-state index in [1.165, 1.54) is 48.7 Å². The van der Waals surface area contributed by atoms with Crippen LogP contribution in [0.3, 0.4) is 0 Å². The van der Waals surface area contributed by atoms with Crippen molar-refractivity contribution in [3.8, 4) is 0 Å². The first kappa shape index (κ1) is 152. The first-order valence-electron chi connectivity index (χ1n) is 32.6. The van der Waals surface area contributed by atoms with Crippen molar-refractivity contribution in [1.82, 2.24) is 15.0 Å². The Morgan fingerprint density at radius 2 is 0.457 bits per heavy atom. The fourth-order valence-corrected chi connectivity index (χ4v) is 5.28. The third-order valence-electron chi connectivity index (χ3n) is 7.53. The third-order valence-corrected chi connectivity index (χ3v) is 9.42. The van der Waals surface area contributed by atoms with Gasteiger partial charge in [-0.2, -0.15) is 0 Å². The van der Waals surface area contributed by atoms with Crippen LogP contribution in [0.1, 0.15) is 308 Å². The van der Waals surface area contributed by atoms with Crippen molar-refractivity contribution in [2.75, 3.05) is 0 Å². The molecule has 0 fully saturated rings. The number of aryl methyl sites for hydroxylation is 10. The van der Waals surface area contributed by atoms with Gasteiger partial charge in [-0.3, -0.25) is 15.0 Å². The van der Waals surface area contributed by atoms with Crippen LogP contribution in [-0.2, 0) is 0 Å². The van der Waals surface area contributed by atoms with E-state index in [-0.39, 0.29) is 59.4 Å². The van der Waals surface area contributed by atoms with E-state index in [4.69, 9.17) is 0 Å². The number of aromatic nitrogens is 3. The van der Waals surface area contributed by atoms with Gasteiger partial charge < -0.3 is 0 Å². The van der Waals surface area contributed by atoms with Crippen LogP contribution in [0, 0.1) is 69.2 Å². The molecule has 5 aromatic heterocycles. The zero-order valence-electron chi connectivity index (χ0n) is 63.1. The molecule has 0 N–H and O–H groups in total. The Morgan fingerprint density at radius 3 is 0.554 bits per heavy atom. The Kier molecular flexibility index (Phi) is 276. The van der Waals surface area contributed by atoms with E-state index in [9.17, 15) is 0 Å². The second-order valence-corrected chi connectivity index (χ2v) is 15.1. The Balaban J connectivity index is -0.0000000285. The Hall–Kier alpha value is -5.49. The molecule has 0 spiro atoms. The van der Waals surface area contributed by atoms with E-state index in [1.54, 1.807) is 47.5 Å². The van der Waals surface area contributed by atoms with E-state index in [2.05, 4.69) is 123 Å². The lowest BCUT2D eigenvalue weighted by Crippen LogP contribution is -1.72. The predicted octanol–water partition coefficient (Wildman–Crippen LogP) is 34.3. The number of nitrogens with zero attached hydrogens (tertiary/aromatic N) is 3. The van der Waals surface area contributed by atoms with Gasteiger partial charge in [0.15, 0.2) is 0 Å². The molecular weight excluding hydrogens is 1150 g/mol. The zero-order chi connectivity index (χ0) is 69.2. The molecule has 3 aromatic carbocycles. The second kappa shape index (κ2) is 167. The molecule has 0 atom stereocenters. The van der Waals surface area contributed by atoms with E-state index in [0.29, 0.717) is 0 Å². The van der Waals surface area contributed by atoms with Gasteiger partial charge in [0, 0.05) is 46.4 Å². The van der Waals surface area contributed by atoms with E-state index >= 15 is 0 Å². The number of pyridine rings is 3. The number of rotatable bonds is 0. The van der Waals surface area contributed by atoms with Gasteiger partial charge in [-0.05, 0) is 145 Å². The Bertz CT molecular complexity index is 1650. The monoisotopic (exact) mass is 1330 g/mol. The van der Waals surface area contributed by atoms with Crippen molar-refractivity contribution in [3.05, 3.63) is 242 Å². The van der Waals surface area contributed by atoms with Gasteiger partial charge >= 0.3 is 0 Å². The van der Waals surface area contributed by atoms with Crippen molar-refractivity contribution in [3.63, 3.8) is 0 Å². The van der Waals surface area contributed by atoms with Crippen LogP contribution in [0.4, 0.5) is 0 Å². The largest absolute Gasteiger partial charge is 0.265 e. The van der Waals surface area contributed by atoms with Gasteiger partial charge in [0.05, 0.1) is 0 Å². The van der Waals surface area contributed by atoms with Crippen molar-refractivity contribution in [1.29, 1.82) is 0 Å². The summed E-state index contributed by atoms with van der Waals surface area (Å²) in [4.78, 5) is 14.6. The highest BCUT2D eigenvalue weighted by Gasteiger charge is 1.88. The number of thiophene rings is 2. The summed E-state index contributed by atoms with van der Waals surface area (Å²) < 4.78 is 0. The Labute approximate surface area is 598 Å². The quantitative estimate of drug-likeness (QED) is 0.152. The third kappa shape index (κ3) is 151. The number of hydrogen-bond donors (Lipinski definition) is 0. The van der Waals surface area contributed by atoms with Crippen LogP contribution in [0.5, 0.6) is 0 Å². The van der Waals surface area contributed by atoms with Crippen molar-refractivity contribution >= 4 is 22.7 Å². The van der Waals surface area contributed by atoms with Crippen LogP contribution in [0.2, 0.25) is 0 Å². The summed E-state index contributed by atoms with van der Waals surface area (Å²) in [5, 5.41) is 4.23. The smallest absolute Gasteiger partial charge is 0.0372 e. The van der Waals surface area contributed by atoms with Crippen LogP contribution in [0.25, 0.3) is 0 Å². The van der Waals surface area contributed by atoms with Gasteiger partial charge in [0.25, 0.3) is 0 Å². The van der Waals surface area contributed by atoms with Crippen LogP contribution >= 0.6 is 22.7 Å². The average Bonchev–Trinajstić information content (AvgIpc) is 4.18. The van der Waals surface area contributed by atoms with Gasteiger partial charge in [-0.15, -0.1) is 22.7 Å². The highest BCUT2D eigenvalue weighted by molar-refractivity contribution is 7.10. The van der Waals surface area contributed by atoms with Gasteiger partial charge in [-0.25, -0.2) is 0 Å². The highest BCUT2D eigenvalue weighted by Crippen LogP contribution is 2.13. The van der Waals surface area contributed by atoms with Gasteiger partial charge in [0.1, 0.15) is 0 Å². The standard InChI is InChI=1S/3C7H8.3C6H7N.2C6H8S.14C2H6.8CH4/c3*1-7-5-3-2-4-6-7;1-6-2-4-7-5-3-6;1-6-3-2-4-7-5-6;1-6-4-2-3-5-7-6;2*1-5-3-4-7-6(5)2;14*1-2;;;;;;;;/h3*2-6H,1H3;3*2-5H,1H3;2*3-4H,1-2H3;14*1-2H3;8*1H4. The minimum absolute atomic E-state index is 0. The van der Waals surface area contributed by atoms with Crippen molar-refractivity contribution in [2.45, 2.75) is 323 Å². The van der Waals surface area contributed by atoms with Crippen LogP contribution < -0.4 is 0 Å². The van der Waals surface area contributed by atoms with E-state index in [1.807, 2.05) is 318 Å². The molecule has 0 saturated carbocycles. The fraction of sp³-hybridized carbons (Fsp3) is 0.529. The number of benzene rings is 3. The summed E-state index contributed by atoms with van der Waals surface area (Å²) >= 11 is 3.61. The SMILES string of the molecule is C.C.C.C.C.C.C.C.CC.CC.CC.CC.CC.CC.CC.CC.CC.CC.CC.CC.CC.CC.Cc1ccccc1.Cc1ccccc1.Cc1ccccc1.Cc1ccccn1.Cc1cccnc1.Cc1ccncc1.Cc1ccsc1C.Cc1ccsc1C. The molecule has 0 aliphatic heterocycles. The summed E-state index contributed by atoms with van der Waals surface area (Å²) in [6, 6.07) is 48.8. The maximum atomic E-state index is 3.98. The summed E-state index contributed by atoms with van der Waals surface area (Å²) in [6.45, 7) is 76.8. The lowest BCUT2D eigenvalue weighted by Gasteiger charge is -1.82. The molecule has 0 aliphatic carbocycles. The number of hydrogen-bond acceptors (Lipinski definition) is 5. The summed E-state index contributed by atoms with van der Waals surface area (Å²) in [5.74, 6) is 0. The molecule has 8 rings (SSSR count). The molecule has 5 heteroatoms. The summed E-state index contributed by atoms with van der Waals surface area (Å²) in [6.07, 6.45) is 8.97. The summed E-state index contributed by atoms with van der Waals surface area (Å²) in [5.41, 5.74) is 10.3. The molecule has 92 heavy (non-hydrogen) atoms. The molecule has 3 nitrogen and oxygen atoms in total. The van der Waals surface area contributed by atoms with E-state index < -0.39 is 0 Å². The van der Waals surface area contributed by atoms with Gasteiger partial charge in [0.2, 0.25) is 0 Å². The molecule has 0 bridgehead atoms. The first-order valence-corrected chi connectivity index (χ1v) is 34.4. The fourth-order valence-electron chi connectivity index (χ4n) is 3.82.